The molecule has 1 aromatic heterocycles. The second-order valence-corrected chi connectivity index (χ2v) is 4.17. The minimum atomic E-state index is -4.49. The first kappa shape index (κ1) is 14.4. The van der Waals surface area contributed by atoms with Gasteiger partial charge in [-0.2, -0.15) is 13.2 Å². The van der Waals surface area contributed by atoms with Crippen LogP contribution >= 0.6 is 0 Å². The number of anilines is 1. The van der Waals surface area contributed by atoms with Gasteiger partial charge in [-0.1, -0.05) is 12.1 Å². The van der Waals surface area contributed by atoms with Gasteiger partial charge in [-0.3, -0.25) is 0 Å². The average Bonchev–Trinajstić information content (AvgIpc) is 2.39. The molecule has 108 valence electrons. The molecular weight excluding hydrogens is 269 g/mol. The number of nitrogens with zero attached hydrogens (tertiary/aromatic N) is 1. The fraction of sp³-hybridized carbons (Fsp3) is 0.357. The predicted molar refractivity (Wildman–Crippen MR) is 72.1 cm³/mol. The lowest BCUT2D eigenvalue weighted by Gasteiger charge is -2.14. The van der Waals surface area contributed by atoms with E-state index in [4.69, 9.17) is 4.74 Å². The van der Waals surface area contributed by atoms with Crippen molar-refractivity contribution >= 4 is 16.6 Å². The molecule has 0 aliphatic heterocycles. The molecule has 2 aromatic rings. The molecule has 1 N–H and O–H groups in total. The summed E-state index contributed by atoms with van der Waals surface area (Å²) < 4.78 is 44.1. The summed E-state index contributed by atoms with van der Waals surface area (Å²) in [5.41, 5.74) is -0.292. The predicted octanol–water partition coefficient (Wildman–Crippen LogP) is 4.08. The van der Waals surface area contributed by atoms with Gasteiger partial charge in [-0.25, -0.2) is 4.98 Å². The highest BCUT2D eigenvalue weighted by Gasteiger charge is 2.33. The maximum absolute atomic E-state index is 12.9. The largest absolute Gasteiger partial charge is 0.492 e. The minimum absolute atomic E-state index is 0.222. The van der Waals surface area contributed by atoms with E-state index in [0.717, 1.165) is 6.07 Å². The lowest BCUT2D eigenvalue weighted by molar-refractivity contribution is -0.140. The molecule has 0 amide bonds. The summed E-state index contributed by atoms with van der Waals surface area (Å²) in [6.07, 6.45) is -4.49. The lowest BCUT2D eigenvalue weighted by atomic mass is 10.1. The Hall–Kier alpha value is -1.98. The van der Waals surface area contributed by atoms with E-state index >= 15 is 0 Å². The Morgan fingerprint density at radius 2 is 2.00 bits per heavy atom. The standard InChI is InChI=1S/C14H15F3N2O/c1-3-18-10-8-12(14(15,16)17)19-13-9(10)6-5-7-11(13)20-4-2/h5-8H,3-4H2,1-2H3,(H,18,19). The second kappa shape index (κ2) is 5.56. The number of benzene rings is 1. The van der Waals surface area contributed by atoms with Crippen LogP contribution < -0.4 is 10.1 Å². The first-order chi connectivity index (χ1) is 9.47. The van der Waals surface area contributed by atoms with Crippen LogP contribution in [0.15, 0.2) is 24.3 Å². The zero-order chi connectivity index (χ0) is 14.8. The SMILES string of the molecule is CCNc1cc(C(F)(F)F)nc2c(OCC)cccc12. The number of para-hydroxylation sites is 1. The summed E-state index contributed by atoms with van der Waals surface area (Å²) in [7, 11) is 0. The van der Waals surface area contributed by atoms with E-state index in [0.29, 0.717) is 30.0 Å². The van der Waals surface area contributed by atoms with Crippen molar-refractivity contribution in [2.75, 3.05) is 18.5 Å². The average molecular weight is 284 g/mol. The molecule has 0 atom stereocenters. The zero-order valence-corrected chi connectivity index (χ0v) is 11.2. The van der Waals surface area contributed by atoms with Gasteiger partial charge in [0.05, 0.1) is 6.61 Å². The maximum Gasteiger partial charge on any atom is 0.433 e. The quantitative estimate of drug-likeness (QED) is 0.918. The summed E-state index contributed by atoms with van der Waals surface area (Å²) in [5, 5.41) is 3.55. The number of hydrogen-bond donors (Lipinski definition) is 1. The third-order valence-electron chi connectivity index (χ3n) is 2.76. The van der Waals surface area contributed by atoms with E-state index in [2.05, 4.69) is 10.3 Å². The van der Waals surface area contributed by atoms with Crippen LogP contribution in [0.25, 0.3) is 10.9 Å². The van der Waals surface area contributed by atoms with Crippen LogP contribution in [0.3, 0.4) is 0 Å². The first-order valence-electron chi connectivity index (χ1n) is 6.35. The lowest BCUT2D eigenvalue weighted by Crippen LogP contribution is -2.10. The first-order valence-corrected chi connectivity index (χ1v) is 6.35. The summed E-state index contributed by atoms with van der Waals surface area (Å²) in [6, 6.07) is 6.11. The molecular formula is C14H15F3N2O. The minimum Gasteiger partial charge on any atom is -0.492 e. The van der Waals surface area contributed by atoms with Gasteiger partial charge in [0, 0.05) is 17.6 Å². The van der Waals surface area contributed by atoms with Crippen LogP contribution in [-0.2, 0) is 6.18 Å². The smallest absolute Gasteiger partial charge is 0.433 e. The highest BCUT2D eigenvalue weighted by molar-refractivity contribution is 5.95. The van der Waals surface area contributed by atoms with E-state index < -0.39 is 11.9 Å². The van der Waals surface area contributed by atoms with Crippen LogP contribution in [0.1, 0.15) is 19.5 Å². The molecule has 0 saturated heterocycles. The molecule has 3 nitrogen and oxygen atoms in total. The van der Waals surface area contributed by atoms with Crippen molar-refractivity contribution in [3.05, 3.63) is 30.0 Å². The monoisotopic (exact) mass is 284 g/mol. The third kappa shape index (κ3) is 2.79. The molecule has 6 heteroatoms. The van der Waals surface area contributed by atoms with Crippen molar-refractivity contribution in [2.24, 2.45) is 0 Å². The van der Waals surface area contributed by atoms with Crippen molar-refractivity contribution in [1.82, 2.24) is 4.98 Å². The number of fused-ring (bicyclic) bond motifs is 1. The molecule has 0 radical (unpaired) electrons. The molecule has 0 spiro atoms. The van der Waals surface area contributed by atoms with Crippen LogP contribution in [0.4, 0.5) is 18.9 Å². The fourth-order valence-electron chi connectivity index (χ4n) is 1.98. The van der Waals surface area contributed by atoms with Gasteiger partial charge < -0.3 is 10.1 Å². The van der Waals surface area contributed by atoms with Crippen molar-refractivity contribution in [1.29, 1.82) is 0 Å². The van der Waals surface area contributed by atoms with Gasteiger partial charge in [0.1, 0.15) is 17.0 Å². The Kier molecular flexibility index (Phi) is 4.01. The Balaban J connectivity index is 2.72. The molecule has 20 heavy (non-hydrogen) atoms. The van der Waals surface area contributed by atoms with Crippen LogP contribution in [0, 0.1) is 0 Å². The van der Waals surface area contributed by atoms with Gasteiger partial charge in [-0.15, -0.1) is 0 Å². The number of pyridine rings is 1. The molecule has 1 heterocycles. The number of nitrogens with one attached hydrogen (secondary N) is 1. The van der Waals surface area contributed by atoms with E-state index in [-0.39, 0.29) is 5.52 Å². The van der Waals surface area contributed by atoms with Gasteiger partial charge in [0.2, 0.25) is 0 Å². The number of aromatic nitrogens is 1. The van der Waals surface area contributed by atoms with E-state index in [1.165, 1.54) is 0 Å². The molecule has 1 aromatic carbocycles. The van der Waals surface area contributed by atoms with E-state index in [1.54, 1.807) is 25.1 Å². The number of halogens is 3. The van der Waals surface area contributed by atoms with Gasteiger partial charge in [0.15, 0.2) is 0 Å². The molecule has 0 saturated carbocycles. The summed E-state index contributed by atoms with van der Waals surface area (Å²) in [6.45, 7) is 4.49. The Morgan fingerprint density at radius 1 is 1.25 bits per heavy atom. The number of ether oxygens (including phenoxy) is 1. The summed E-state index contributed by atoms with van der Waals surface area (Å²) >= 11 is 0. The Morgan fingerprint density at radius 3 is 2.60 bits per heavy atom. The Labute approximate surface area is 114 Å². The van der Waals surface area contributed by atoms with E-state index in [1.807, 2.05) is 6.92 Å². The van der Waals surface area contributed by atoms with Crippen LogP contribution in [0.5, 0.6) is 5.75 Å². The van der Waals surface area contributed by atoms with Gasteiger partial charge in [0.25, 0.3) is 0 Å². The van der Waals surface area contributed by atoms with Crippen LogP contribution in [0.2, 0.25) is 0 Å². The van der Waals surface area contributed by atoms with E-state index in [9.17, 15) is 13.2 Å². The molecule has 0 aliphatic rings. The van der Waals surface area contributed by atoms with Crippen molar-refractivity contribution in [2.45, 2.75) is 20.0 Å². The van der Waals surface area contributed by atoms with Crippen LogP contribution in [-0.4, -0.2) is 18.1 Å². The van der Waals surface area contributed by atoms with Crippen molar-refractivity contribution < 1.29 is 17.9 Å². The highest BCUT2D eigenvalue weighted by Crippen LogP contribution is 2.35. The second-order valence-electron chi connectivity index (χ2n) is 4.17. The molecule has 0 fully saturated rings. The number of hydrogen-bond acceptors (Lipinski definition) is 3. The summed E-state index contributed by atoms with van der Waals surface area (Å²) in [4.78, 5) is 3.72. The Bertz CT molecular complexity index is 611. The normalized spacial score (nSPS) is 11.7. The maximum atomic E-state index is 12.9. The molecule has 2 rings (SSSR count). The molecule has 0 unspecified atom stereocenters. The van der Waals surface area contributed by atoms with Crippen molar-refractivity contribution in [3.8, 4) is 5.75 Å². The van der Waals surface area contributed by atoms with Crippen molar-refractivity contribution in [3.63, 3.8) is 0 Å². The summed E-state index contributed by atoms with van der Waals surface area (Å²) in [5.74, 6) is 0.357. The van der Waals surface area contributed by atoms with Gasteiger partial charge >= 0.3 is 6.18 Å². The topological polar surface area (TPSA) is 34.2 Å². The number of alkyl halides is 3. The number of rotatable bonds is 4. The highest BCUT2D eigenvalue weighted by atomic mass is 19.4. The molecule has 0 aliphatic carbocycles. The fourth-order valence-corrected chi connectivity index (χ4v) is 1.98. The van der Waals surface area contributed by atoms with Gasteiger partial charge in [-0.05, 0) is 26.0 Å². The third-order valence-corrected chi connectivity index (χ3v) is 2.76. The molecule has 0 bridgehead atoms. The zero-order valence-electron chi connectivity index (χ0n) is 11.2.